The van der Waals surface area contributed by atoms with Crippen molar-refractivity contribution in [2.45, 2.75) is 39.2 Å². The lowest BCUT2D eigenvalue weighted by molar-refractivity contribution is -0.147. The van der Waals surface area contributed by atoms with E-state index < -0.39 is 17.3 Å². The van der Waals surface area contributed by atoms with Gasteiger partial charge in [0.25, 0.3) is 0 Å². The van der Waals surface area contributed by atoms with Crippen LogP contribution < -0.4 is 10.1 Å². The fourth-order valence-corrected chi connectivity index (χ4v) is 1.88. The van der Waals surface area contributed by atoms with Crippen LogP contribution in [0, 0.1) is 5.41 Å². The van der Waals surface area contributed by atoms with Crippen LogP contribution in [0.3, 0.4) is 0 Å². The Hall–Kier alpha value is -2.04. The lowest BCUT2D eigenvalue weighted by Gasteiger charge is -2.15. The number of amides is 1. The number of ether oxygens (including phenoxy) is 1. The lowest BCUT2D eigenvalue weighted by atomic mass is 10.1. The minimum Gasteiger partial charge on any atom is -0.491 e. The molecular formula is C15H19NO4. The summed E-state index contributed by atoms with van der Waals surface area (Å²) >= 11 is 0. The van der Waals surface area contributed by atoms with E-state index in [2.05, 4.69) is 5.32 Å². The first-order valence-electron chi connectivity index (χ1n) is 6.79. The number of nitrogens with one attached hydrogen (secondary N) is 1. The summed E-state index contributed by atoms with van der Waals surface area (Å²) in [6.45, 7) is 3.99. The van der Waals surface area contributed by atoms with E-state index in [4.69, 9.17) is 9.84 Å². The van der Waals surface area contributed by atoms with Crippen LogP contribution in [-0.2, 0) is 9.59 Å². The third kappa shape index (κ3) is 2.92. The number of hydrogen-bond donors (Lipinski definition) is 2. The largest absolute Gasteiger partial charge is 0.491 e. The van der Waals surface area contributed by atoms with Crippen LogP contribution in [-0.4, -0.2) is 23.1 Å². The van der Waals surface area contributed by atoms with Crippen LogP contribution in [0.2, 0.25) is 0 Å². The predicted molar refractivity (Wildman–Crippen MR) is 74.8 cm³/mol. The Morgan fingerprint density at radius 1 is 1.45 bits per heavy atom. The van der Waals surface area contributed by atoms with E-state index >= 15 is 0 Å². The standard InChI is InChI=1S/C15H19NO4/c1-3-10(2)20-12-6-4-5-11(9-12)16-13(17)15(7-8-15)14(18)19/h4-6,9-10H,3,7-8H2,1-2H3,(H,16,17)(H,18,19). The van der Waals surface area contributed by atoms with E-state index in [0.29, 0.717) is 24.3 Å². The molecule has 1 aliphatic carbocycles. The van der Waals surface area contributed by atoms with E-state index in [1.165, 1.54) is 0 Å². The smallest absolute Gasteiger partial charge is 0.319 e. The lowest BCUT2D eigenvalue weighted by Crippen LogP contribution is -2.31. The molecular weight excluding hydrogens is 258 g/mol. The average molecular weight is 277 g/mol. The Labute approximate surface area is 117 Å². The van der Waals surface area contributed by atoms with Gasteiger partial charge in [0.2, 0.25) is 5.91 Å². The van der Waals surface area contributed by atoms with Crippen molar-refractivity contribution in [1.29, 1.82) is 0 Å². The molecule has 5 heteroatoms. The first-order valence-corrected chi connectivity index (χ1v) is 6.79. The van der Waals surface area contributed by atoms with Crippen LogP contribution in [0.1, 0.15) is 33.1 Å². The van der Waals surface area contributed by atoms with Gasteiger partial charge < -0.3 is 15.2 Å². The average Bonchev–Trinajstić information content (AvgIpc) is 3.20. The summed E-state index contributed by atoms with van der Waals surface area (Å²) in [7, 11) is 0. The zero-order valence-electron chi connectivity index (χ0n) is 11.7. The molecule has 1 aromatic carbocycles. The molecule has 1 amide bonds. The summed E-state index contributed by atoms with van der Waals surface area (Å²) in [5.41, 5.74) is -0.670. The molecule has 0 saturated heterocycles. The van der Waals surface area contributed by atoms with Gasteiger partial charge in [-0.15, -0.1) is 0 Å². The highest BCUT2D eigenvalue weighted by atomic mass is 16.5. The summed E-state index contributed by atoms with van der Waals surface area (Å²) in [6, 6.07) is 7.01. The van der Waals surface area contributed by atoms with Crippen molar-refractivity contribution in [3.05, 3.63) is 24.3 Å². The molecule has 0 spiro atoms. The molecule has 0 radical (unpaired) electrons. The van der Waals surface area contributed by atoms with E-state index in [1.54, 1.807) is 18.2 Å². The topological polar surface area (TPSA) is 75.6 Å². The fraction of sp³-hybridized carbons (Fsp3) is 0.467. The van der Waals surface area contributed by atoms with E-state index in [9.17, 15) is 9.59 Å². The highest BCUT2D eigenvalue weighted by Crippen LogP contribution is 2.46. The molecule has 5 nitrogen and oxygen atoms in total. The quantitative estimate of drug-likeness (QED) is 0.784. The zero-order valence-corrected chi connectivity index (χ0v) is 11.7. The first kappa shape index (κ1) is 14.4. The van der Waals surface area contributed by atoms with Gasteiger partial charge in [0, 0.05) is 11.8 Å². The normalized spacial score (nSPS) is 17.1. The summed E-state index contributed by atoms with van der Waals surface area (Å²) in [4.78, 5) is 23.1. The highest BCUT2D eigenvalue weighted by Gasteiger charge is 2.57. The van der Waals surface area contributed by atoms with Crippen molar-refractivity contribution in [1.82, 2.24) is 0 Å². The molecule has 1 aromatic rings. The molecule has 2 N–H and O–H groups in total. The minimum atomic E-state index is -1.23. The second-order valence-corrected chi connectivity index (χ2v) is 5.21. The van der Waals surface area contributed by atoms with Gasteiger partial charge in [0.05, 0.1) is 6.10 Å². The van der Waals surface area contributed by atoms with Crippen LogP contribution in [0.15, 0.2) is 24.3 Å². The first-order chi connectivity index (χ1) is 9.48. The van der Waals surface area contributed by atoms with E-state index in [0.717, 1.165) is 6.42 Å². The Morgan fingerprint density at radius 2 is 2.15 bits per heavy atom. The maximum Gasteiger partial charge on any atom is 0.319 e. The molecule has 108 valence electrons. The van der Waals surface area contributed by atoms with Gasteiger partial charge in [0.1, 0.15) is 11.2 Å². The molecule has 0 bridgehead atoms. The predicted octanol–water partition coefficient (Wildman–Crippen LogP) is 2.67. The maximum atomic E-state index is 12.0. The molecule has 1 aliphatic rings. The number of rotatable bonds is 6. The number of hydrogen-bond acceptors (Lipinski definition) is 3. The molecule has 1 fully saturated rings. The Morgan fingerprint density at radius 3 is 2.70 bits per heavy atom. The SMILES string of the molecule is CCC(C)Oc1cccc(NC(=O)C2(C(=O)O)CC2)c1. The van der Waals surface area contributed by atoms with Crippen molar-refractivity contribution in [2.24, 2.45) is 5.41 Å². The van der Waals surface area contributed by atoms with Crippen LogP contribution >= 0.6 is 0 Å². The summed E-state index contributed by atoms with van der Waals surface area (Å²) < 4.78 is 5.67. The zero-order chi connectivity index (χ0) is 14.8. The van der Waals surface area contributed by atoms with Gasteiger partial charge >= 0.3 is 5.97 Å². The second-order valence-electron chi connectivity index (χ2n) is 5.21. The summed E-state index contributed by atoms with van der Waals surface area (Å²) in [6.07, 6.45) is 1.78. The number of carboxylic acids is 1. The number of carboxylic acid groups (broad SMARTS) is 1. The summed E-state index contributed by atoms with van der Waals surface area (Å²) in [5.74, 6) is -0.843. The van der Waals surface area contributed by atoms with Crippen molar-refractivity contribution < 1.29 is 19.4 Å². The van der Waals surface area contributed by atoms with Gasteiger partial charge in [-0.2, -0.15) is 0 Å². The molecule has 20 heavy (non-hydrogen) atoms. The van der Waals surface area contributed by atoms with Crippen molar-refractivity contribution >= 4 is 17.6 Å². The Kier molecular flexibility index (Phi) is 3.97. The third-order valence-electron chi connectivity index (χ3n) is 3.60. The molecule has 2 rings (SSSR count). The number of anilines is 1. The number of aliphatic carboxylic acids is 1. The maximum absolute atomic E-state index is 12.0. The molecule has 0 heterocycles. The van der Waals surface area contributed by atoms with Crippen LogP contribution in [0.4, 0.5) is 5.69 Å². The van der Waals surface area contributed by atoms with Crippen molar-refractivity contribution in [3.8, 4) is 5.75 Å². The van der Waals surface area contributed by atoms with Gasteiger partial charge in [-0.1, -0.05) is 13.0 Å². The van der Waals surface area contributed by atoms with Gasteiger partial charge in [-0.05, 0) is 38.3 Å². The van der Waals surface area contributed by atoms with Gasteiger partial charge in [0.15, 0.2) is 0 Å². The molecule has 1 unspecified atom stereocenters. The molecule has 0 aromatic heterocycles. The fourth-order valence-electron chi connectivity index (χ4n) is 1.88. The van der Waals surface area contributed by atoms with Crippen molar-refractivity contribution in [2.75, 3.05) is 5.32 Å². The van der Waals surface area contributed by atoms with E-state index in [1.807, 2.05) is 19.9 Å². The second kappa shape index (κ2) is 5.53. The van der Waals surface area contributed by atoms with E-state index in [-0.39, 0.29) is 6.10 Å². The number of carbonyl (C=O) groups is 2. The third-order valence-corrected chi connectivity index (χ3v) is 3.60. The Bertz CT molecular complexity index is 522. The van der Waals surface area contributed by atoms with Crippen LogP contribution in [0.5, 0.6) is 5.75 Å². The number of carbonyl (C=O) groups excluding carboxylic acids is 1. The molecule has 0 aliphatic heterocycles. The van der Waals surface area contributed by atoms with Crippen LogP contribution in [0.25, 0.3) is 0 Å². The molecule has 1 atom stereocenters. The van der Waals surface area contributed by atoms with Crippen molar-refractivity contribution in [3.63, 3.8) is 0 Å². The minimum absolute atomic E-state index is 0.0924. The Balaban J connectivity index is 2.05. The summed E-state index contributed by atoms with van der Waals surface area (Å²) in [5, 5.41) is 11.7. The van der Waals surface area contributed by atoms with Gasteiger partial charge in [-0.3, -0.25) is 9.59 Å². The monoisotopic (exact) mass is 277 g/mol. The molecule has 1 saturated carbocycles. The van der Waals surface area contributed by atoms with Gasteiger partial charge in [-0.25, -0.2) is 0 Å². The highest BCUT2D eigenvalue weighted by molar-refractivity contribution is 6.10. The number of benzene rings is 1.